The predicted molar refractivity (Wildman–Crippen MR) is 71.3 cm³/mol. The molecule has 0 unspecified atom stereocenters. The number of likely N-dealkylation sites (N-methyl/N-ethyl adjacent to an activating group) is 1. The summed E-state index contributed by atoms with van der Waals surface area (Å²) < 4.78 is 5.39. The normalized spacial score (nSPS) is 10.2. The van der Waals surface area contributed by atoms with Crippen molar-refractivity contribution in [1.29, 1.82) is 0 Å². The highest BCUT2D eigenvalue weighted by molar-refractivity contribution is 6.31. The van der Waals surface area contributed by atoms with Gasteiger partial charge in [0.15, 0.2) is 0 Å². The van der Waals surface area contributed by atoms with Gasteiger partial charge in [0.05, 0.1) is 7.11 Å². The van der Waals surface area contributed by atoms with Crippen molar-refractivity contribution < 1.29 is 19.4 Å². The first-order valence-corrected chi connectivity index (χ1v) is 5.91. The summed E-state index contributed by atoms with van der Waals surface area (Å²) in [5, 5.41) is 8.70. The second kappa shape index (κ2) is 5.73. The van der Waals surface area contributed by atoms with Crippen LogP contribution in [-0.2, 0) is 16.1 Å². The van der Waals surface area contributed by atoms with E-state index in [2.05, 4.69) is 0 Å². The lowest BCUT2D eigenvalue weighted by Gasteiger charge is -2.21. The average Bonchev–Trinajstić information content (AvgIpc) is 2.35. The second-order valence-corrected chi connectivity index (χ2v) is 4.61. The standard InChI is InChI=1S/C14H19NO4/c1-8-6-9(2)11(12(19-5)10(8)3)7-15(4)13(16)14(17)18/h6H,7H2,1-5H3,(H,17,18). The number of rotatable bonds is 3. The van der Waals surface area contributed by atoms with Crippen LogP contribution in [-0.4, -0.2) is 36.0 Å². The largest absolute Gasteiger partial charge is 0.496 e. The molecule has 0 fully saturated rings. The zero-order valence-electron chi connectivity index (χ0n) is 11.9. The molecule has 0 atom stereocenters. The topological polar surface area (TPSA) is 66.8 Å². The van der Waals surface area contributed by atoms with E-state index in [1.54, 1.807) is 7.11 Å². The smallest absolute Gasteiger partial charge is 0.394 e. The van der Waals surface area contributed by atoms with Crippen molar-refractivity contribution in [3.63, 3.8) is 0 Å². The van der Waals surface area contributed by atoms with Crippen molar-refractivity contribution in [2.24, 2.45) is 0 Å². The van der Waals surface area contributed by atoms with Gasteiger partial charge in [-0.2, -0.15) is 0 Å². The van der Waals surface area contributed by atoms with Gasteiger partial charge in [0, 0.05) is 19.2 Å². The van der Waals surface area contributed by atoms with Crippen molar-refractivity contribution in [2.75, 3.05) is 14.2 Å². The summed E-state index contributed by atoms with van der Waals surface area (Å²) >= 11 is 0. The van der Waals surface area contributed by atoms with Gasteiger partial charge in [0.2, 0.25) is 0 Å². The number of amides is 1. The Morgan fingerprint density at radius 2 is 1.84 bits per heavy atom. The zero-order valence-corrected chi connectivity index (χ0v) is 11.9. The van der Waals surface area contributed by atoms with Crippen molar-refractivity contribution in [3.05, 3.63) is 28.3 Å². The number of hydrogen-bond acceptors (Lipinski definition) is 3. The zero-order chi connectivity index (χ0) is 14.7. The third-order valence-electron chi connectivity index (χ3n) is 3.24. The molecular weight excluding hydrogens is 246 g/mol. The van der Waals surface area contributed by atoms with Crippen LogP contribution in [0, 0.1) is 20.8 Å². The lowest BCUT2D eigenvalue weighted by Crippen LogP contribution is -2.32. The van der Waals surface area contributed by atoms with E-state index in [0.29, 0.717) is 5.75 Å². The summed E-state index contributed by atoms with van der Waals surface area (Å²) in [6.07, 6.45) is 0. The molecule has 104 valence electrons. The molecule has 0 saturated heterocycles. The Morgan fingerprint density at radius 1 is 1.26 bits per heavy atom. The number of hydrogen-bond donors (Lipinski definition) is 1. The molecule has 0 aliphatic rings. The molecular formula is C14H19NO4. The minimum absolute atomic E-state index is 0.210. The third kappa shape index (κ3) is 3.05. The monoisotopic (exact) mass is 265 g/mol. The van der Waals surface area contributed by atoms with Crippen LogP contribution < -0.4 is 4.74 Å². The van der Waals surface area contributed by atoms with Gasteiger partial charge in [0.25, 0.3) is 0 Å². The first kappa shape index (κ1) is 15.0. The van der Waals surface area contributed by atoms with Gasteiger partial charge < -0.3 is 14.7 Å². The highest BCUT2D eigenvalue weighted by Gasteiger charge is 2.20. The third-order valence-corrected chi connectivity index (χ3v) is 3.24. The Hall–Kier alpha value is -2.04. The van der Waals surface area contributed by atoms with Crippen LogP contribution in [0.3, 0.4) is 0 Å². The Bertz CT molecular complexity index is 523. The van der Waals surface area contributed by atoms with Crippen molar-refractivity contribution >= 4 is 11.9 Å². The molecule has 0 aliphatic carbocycles. The fourth-order valence-electron chi connectivity index (χ4n) is 2.05. The van der Waals surface area contributed by atoms with E-state index in [4.69, 9.17) is 9.84 Å². The van der Waals surface area contributed by atoms with Crippen LogP contribution in [0.5, 0.6) is 5.75 Å². The van der Waals surface area contributed by atoms with Gasteiger partial charge >= 0.3 is 11.9 Å². The Kier molecular flexibility index (Phi) is 4.53. The summed E-state index contributed by atoms with van der Waals surface area (Å²) in [5.74, 6) is -1.68. The molecule has 5 nitrogen and oxygen atoms in total. The van der Waals surface area contributed by atoms with Crippen molar-refractivity contribution in [2.45, 2.75) is 27.3 Å². The molecule has 1 N–H and O–H groups in total. The summed E-state index contributed by atoms with van der Waals surface area (Å²) in [6, 6.07) is 2.01. The van der Waals surface area contributed by atoms with Crippen LogP contribution in [0.4, 0.5) is 0 Å². The van der Waals surface area contributed by atoms with E-state index in [1.165, 1.54) is 11.9 Å². The molecule has 1 aromatic carbocycles. The number of carbonyl (C=O) groups is 2. The van der Waals surface area contributed by atoms with E-state index < -0.39 is 11.9 Å². The molecule has 1 aromatic rings. The molecule has 5 heteroatoms. The number of carboxylic acids is 1. The molecule has 0 bridgehead atoms. The predicted octanol–water partition coefficient (Wildman–Crippen LogP) is 1.66. The first-order chi connectivity index (χ1) is 8.79. The van der Waals surface area contributed by atoms with Gasteiger partial charge in [-0.15, -0.1) is 0 Å². The highest BCUT2D eigenvalue weighted by atomic mass is 16.5. The number of carboxylic acid groups (broad SMARTS) is 1. The molecule has 0 spiro atoms. The van der Waals surface area contributed by atoms with E-state index in [0.717, 1.165) is 22.3 Å². The van der Waals surface area contributed by atoms with Crippen molar-refractivity contribution in [3.8, 4) is 5.75 Å². The minimum Gasteiger partial charge on any atom is -0.496 e. The molecule has 0 heterocycles. The number of nitrogens with zero attached hydrogens (tertiary/aromatic N) is 1. The van der Waals surface area contributed by atoms with Crippen LogP contribution in [0.2, 0.25) is 0 Å². The highest BCUT2D eigenvalue weighted by Crippen LogP contribution is 2.30. The quantitative estimate of drug-likeness (QED) is 0.844. The number of carbonyl (C=O) groups excluding carboxylic acids is 1. The molecule has 0 radical (unpaired) electrons. The molecule has 19 heavy (non-hydrogen) atoms. The van der Waals surface area contributed by atoms with Gasteiger partial charge in [-0.3, -0.25) is 4.79 Å². The van der Waals surface area contributed by atoms with Crippen molar-refractivity contribution in [1.82, 2.24) is 4.90 Å². The summed E-state index contributed by atoms with van der Waals surface area (Å²) in [4.78, 5) is 23.2. The van der Waals surface area contributed by atoms with Crippen LogP contribution in [0.25, 0.3) is 0 Å². The molecule has 1 amide bonds. The molecule has 1 rings (SSSR count). The van der Waals surface area contributed by atoms with E-state index in [9.17, 15) is 9.59 Å². The number of ether oxygens (including phenoxy) is 1. The molecule has 0 saturated carbocycles. The van der Waals surface area contributed by atoms with Crippen LogP contribution in [0.1, 0.15) is 22.3 Å². The fourth-order valence-corrected chi connectivity index (χ4v) is 2.05. The summed E-state index contributed by atoms with van der Waals surface area (Å²) in [6.45, 7) is 6.06. The molecule has 0 aromatic heterocycles. The maximum Gasteiger partial charge on any atom is 0.394 e. The van der Waals surface area contributed by atoms with E-state index in [-0.39, 0.29) is 6.54 Å². The summed E-state index contributed by atoms with van der Waals surface area (Å²) in [5.41, 5.74) is 3.91. The van der Waals surface area contributed by atoms with E-state index >= 15 is 0 Å². The van der Waals surface area contributed by atoms with Gasteiger partial charge in [-0.25, -0.2) is 4.79 Å². The lowest BCUT2D eigenvalue weighted by atomic mass is 9.98. The number of aliphatic carboxylic acids is 1. The number of methoxy groups -OCH3 is 1. The number of aryl methyl sites for hydroxylation is 2. The average molecular weight is 265 g/mol. The Labute approximate surface area is 112 Å². The maximum atomic E-state index is 11.4. The van der Waals surface area contributed by atoms with Gasteiger partial charge in [-0.1, -0.05) is 6.07 Å². The lowest BCUT2D eigenvalue weighted by molar-refractivity contribution is -0.155. The SMILES string of the molecule is COc1c(C)c(C)cc(C)c1CN(C)C(=O)C(=O)O. The van der Waals surface area contributed by atoms with Gasteiger partial charge in [-0.05, 0) is 37.5 Å². The minimum atomic E-state index is -1.46. The second-order valence-electron chi connectivity index (χ2n) is 4.61. The Balaban J connectivity index is 3.17. The van der Waals surface area contributed by atoms with Crippen LogP contribution >= 0.6 is 0 Å². The maximum absolute atomic E-state index is 11.4. The van der Waals surface area contributed by atoms with Crippen LogP contribution in [0.15, 0.2) is 6.07 Å². The summed E-state index contributed by atoms with van der Waals surface area (Å²) in [7, 11) is 3.04. The Morgan fingerprint density at radius 3 is 2.32 bits per heavy atom. The first-order valence-electron chi connectivity index (χ1n) is 5.91. The van der Waals surface area contributed by atoms with E-state index in [1.807, 2.05) is 26.8 Å². The fraction of sp³-hybridized carbons (Fsp3) is 0.429. The van der Waals surface area contributed by atoms with Gasteiger partial charge in [0.1, 0.15) is 5.75 Å². The molecule has 0 aliphatic heterocycles. The number of benzene rings is 1.